The molecule has 0 saturated heterocycles. The van der Waals surface area contributed by atoms with Gasteiger partial charge < -0.3 is 10.2 Å². The van der Waals surface area contributed by atoms with Crippen LogP contribution in [0, 0.1) is 0 Å². The molecule has 0 fully saturated rings. The number of benzene rings is 6. The minimum Gasteiger partial charge on any atom is -0.507 e. The lowest BCUT2D eigenvalue weighted by Gasteiger charge is -2.27. The van der Waals surface area contributed by atoms with Crippen LogP contribution in [0.3, 0.4) is 0 Å². The molecule has 0 unspecified atom stereocenters. The number of aliphatic imine (C=N–C) groups is 2. The summed E-state index contributed by atoms with van der Waals surface area (Å²) >= 11 is 0. The first-order valence-corrected chi connectivity index (χ1v) is 20.3. The molecule has 4 nitrogen and oxygen atoms in total. The maximum Gasteiger partial charge on any atom is 0.128 e. The molecule has 0 aliphatic carbocycles. The summed E-state index contributed by atoms with van der Waals surface area (Å²) in [4.78, 5) is 10.4. The second kappa shape index (κ2) is 15.9. The van der Waals surface area contributed by atoms with Gasteiger partial charge in [0.25, 0.3) is 0 Å². The van der Waals surface area contributed by atoms with Gasteiger partial charge in [-0.25, -0.2) is 0 Å². The van der Waals surface area contributed by atoms with E-state index in [1.807, 2.05) is 36.4 Å². The first-order chi connectivity index (χ1) is 27.1. The zero-order valence-electron chi connectivity index (χ0n) is 36.5. The summed E-state index contributed by atoms with van der Waals surface area (Å²) < 4.78 is 0. The van der Waals surface area contributed by atoms with Gasteiger partial charge in [0.05, 0.1) is 11.4 Å². The van der Waals surface area contributed by atoms with E-state index < -0.39 is 0 Å². The van der Waals surface area contributed by atoms with Crippen LogP contribution in [-0.4, -0.2) is 22.6 Å². The third kappa shape index (κ3) is 9.34. The highest BCUT2D eigenvalue weighted by atomic mass is 16.3. The van der Waals surface area contributed by atoms with Crippen molar-refractivity contribution in [2.24, 2.45) is 9.98 Å². The topological polar surface area (TPSA) is 65.2 Å². The molecule has 0 aromatic heterocycles. The van der Waals surface area contributed by atoms with Crippen molar-refractivity contribution in [1.29, 1.82) is 0 Å². The molecule has 0 saturated carbocycles. The van der Waals surface area contributed by atoms with E-state index in [9.17, 15) is 10.2 Å². The molecular weight excluding hydrogens is 709 g/mol. The Hall–Kier alpha value is -5.74. The highest BCUT2D eigenvalue weighted by molar-refractivity contribution is 5.95. The van der Waals surface area contributed by atoms with Crippen LogP contribution in [0.4, 0.5) is 11.4 Å². The van der Waals surface area contributed by atoms with Crippen molar-refractivity contribution in [3.63, 3.8) is 0 Å². The van der Waals surface area contributed by atoms with Crippen LogP contribution >= 0.6 is 0 Å². The van der Waals surface area contributed by atoms with Crippen LogP contribution in [-0.2, 0) is 21.7 Å². The molecule has 0 radical (unpaired) electrons. The second-order valence-electron chi connectivity index (χ2n) is 19.6. The summed E-state index contributed by atoms with van der Waals surface area (Å²) in [7, 11) is 0. The summed E-state index contributed by atoms with van der Waals surface area (Å²) in [5.74, 6) is 0.490. The van der Waals surface area contributed by atoms with Crippen LogP contribution in [0.5, 0.6) is 11.5 Å². The molecule has 0 heterocycles. The maximum atomic E-state index is 11.7. The van der Waals surface area contributed by atoms with Crippen LogP contribution < -0.4 is 0 Å². The molecule has 6 aromatic carbocycles. The molecule has 2 N–H and O–H groups in total. The number of nitrogens with zero attached hydrogens (tertiary/aromatic N) is 2. The second-order valence-corrected chi connectivity index (χ2v) is 19.6. The van der Waals surface area contributed by atoms with E-state index in [0.29, 0.717) is 11.1 Å². The Morgan fingerprint density at radius 1 is 0.379 bits per heavy atom. The molecule has 0 amide bonds. The number of hydrogen-bond donors (Lipinski definition) is 2. The van der Waals surface area contributed by atoms with Gasteiger partial charge in [-0.15, -0.1) is 0 Å². The first-order valence-electron chi connectivity index (χ1n) is 20.3. The zero-order chi connectivity index (χ0) is 42.2. The van der Waals surface area contributed by atoms with Crippen LogP contribution in [0.1, 0.15) is 116 Å². The van der Waals surface area contributed by atoms with Crippen molar-refractivity contribution in [2.75, 3.05) is 0 Å². The standard InChI is InChI=1S/C54H60N2O2/c1-51(2,3)41-27-39(49(57)45(31-41)53(7,8)9)33-55-47-29-37(35-19-15-13-16-20-35)23-25-43(47)44-26-24-38(36-21-17-14-18-22-36)30-48(44)56-34-40-28-42(52(4,5)6)32-46(50(40)58)54(10,11)12/h13-34,57-58H,1-12H3. The van der Waals surface area contributed by atoms with E-state index in [4.69, 9.17) is 9.98 Å². The molecule has 58 heavy (non-hydrogen) atoms. The highest BCUT2D eigenvalue weighted by Gasteiger charge is 2.26. The molecule has 0 bridgehead atoms. The lowest BCUT2D eigenvalue weighted by Crippen LogP contribution is -2.17. The van der Waals surface area contributed by atoms with Crippen molar-refractivity contribution >= 4 is 23.8 Å². The fraction of sp³-hybridized carbons (Fsp3) is 0.296. The lowest BCUT2D eigenvalue weighted by molar-refractivity contribution is 0.443. The Balaban J connectivity index is 1.59. The monoisotopic (exact) mass is 768 g/mol. The fourth-order valence-corrected chi connectivity index (χ4v) is 7.15. The number of hydrogen-bond acceptors (Lipinski definition) is 4. The van der Waals surface area contributed by atoms with E-state index in [0.717, 1.165) is 67.0 Å². The van der Waals surface area contributed by atoms with Crippen LogP contribution in [0.25, 0.3) is 33.4 Å². The molecule has 6 aromatic rings. The van der Waals surface area contributed by atoms with Crippen molar-refractivity contribution < 1.29 is 10.2 Å². The Kier molecular flexibility index (Phi) is 11.5. The average Bonchev–Trinajstić information content (AvgIpc) is 3.15. The van der Waals surface area contributed by atoms with Crippen molar-refractivity contribution in [3.05, 3.63) is 155 Å². The largest absolute Gasteiger partial charge is 0.507 e. The van der Waals surface area contributed by atoms with Crippen molar-refractivity contribution in [1.82, 2.24) is 0 Å². The summed E-state index contributed by atoms with van der Waals surface area (Å²) in [6.07, 6.45) is 3.61. The van der Waals surface area contributed by atoms with E-state index in [2.05, 4.69) is 168 Å². The fourth-order valence-electron chi connectivity index (χ4n) is 7.15. The van der Waals surface area contributed by atoms with E-state index in [-0.39, 0.29) is 33.2 Å². The van der Waals surface area contributed by atoms with Crippen molar-refractivity contribution in [2.45, 2.75) is 105 Å². The molecule has 6 rings (SSSR count). The Bertz CT molecular complexity index is 2300. The van der Waals surface area contributed by atoms with Gasteiger partial charge in [-0.1, -0.05) is 180 Å². The van der Waals surface area contributed by atoms with Crippen LogP contribution in [0.15, 0.2) is 131 Å². The van der Waals surface area contributed by atoms with E-state index in [1.165, 1.54) is 0 Å². The van der Waals surface area contributed by atoms with E-state index in [1.54, 1.807) is 12.4 Å². The van der Waals surface area contributed by atoms with Gasteiger partial charge in [-0.3, -0.25) is 9.98 Å². The van der Waals surface area contributed by atoms with Crippen molar-refractivity contribution in [3.8, 4) is 44.9 Å². The number of phenolic OH excluding ortho intramolecular Hbond substituents is 2. The van der Waals surface area contributed by atoms with E-state index >= 15 is 0 Å². The summed E-state index contributed by atoms with van der Waals surface area (Å²) in [6, 6.07) is 41.7. The highest BCUT2D eigenvalue weighted by Crippen LogP contribution is 2.43. The molecule has 0 aliphatic rings. The Morgan fingerprint density at radius 3 is 1.03 bits per heavy atom. The van der Waals surface area contributed by atoms with Gasteiger partial charge in [-0.05, 0) is 79.3 Å². The Labute approximate surface area is 347 Å². The minimum atomic E-state index is -0.270. The quantitative estimate of drug-likeness (QED) is 0.159. The predicted octanol–water partition coefficient (Wildman–Crippen LogP) is 14.8. The van der Waals surface area contributed by atoms with Gasteiger partial charge in [0.2, 0.25) is 0 Å². The third-order valence-corrected chi connectivity index (χ3v) is 10.8. The Morgan fingerprint density at radius 2 is 0.724 bits per heavy atom. The maximum absolute atomic E-state index is 11.7. The summed E-state index contributed by atoms with van der Waals surface area (Å²) in [5.41, 5.74) is 12.1. The number of phenols is 2. The zero-order valence-corrected chi connectivity index (χ0v) is 36.5. The first kappa shape index (κ1) is 41.9. The SMILES string of the molecule is CC(C)(C)c1cc(C=Nc2cc(-c3ccccc3)ccc2-c2ccc(-c3ccccc3)cc2N=Cc2cc(C(C)(C)C)cc(C(C)(C)C)c2O)c(O)c(C(C)(C)C)c1. The van der Waals surface area contributed by atoms with Gasteiger partial charge in [0.1, 0.15) is 11.5 Å². The lowest BCUT2D eigenvalue weighted by atomic mass is 9.79. The minimum absolute atomic E-state index is 0.128. The molecule has 0 atom stereocenters. The van der Waals surface area contributed by atoms with Gasteiger partial charge in [-0.2, -0.15) is 0 Å². The molecule has 0 spiro atoms. The van der Waals surface area contributed by atoms with Crippen LogP contribution in [0.2, 0.25) is 0 Å². The molecule has 0 aliphatic heterocycles. The van der Waals surface area contributed by atoms with Gasteiger partial charge >= 0.3 is 0 Å². The molecule has 4 heteroatoms. The smallest absolute Gasteiger partial charge is 0.128 e. The average molecular weight is 769 g/mol. The molecule has 298 valence electrons. The van der Waals surface area contributed by atoms with Gasteiger partial charge in [0, 0.05) is 45.8 Å². The normalized spacial score (nSPS) is 12.8. The predicted molar refractivity (Wildman–Crippen MR) is 248 cm³/mol. The van der Waals surface area contributed by atoms with Gasteiger partial charge in [0.15, 0.2) is 0 Å². The summed E-state index contributed by atoms with van der Waals surface area (Å²) in [6.45, 7) is 25.9. The molecular formula is C54H60N2O2. The summed E-state index contributed by atoms with van der Waals surface area (Å²) in [5, 5.41) is 23.4. The number of aromatic hydroxyl groups is 2. The third-order valence-electron chi connectivity index (χ3n) is 10.8. The number of rotatable bonds is 7.